The van der Waals surface area contributed by atoms with Crippen molar-refractivity contribution in [1.82, 2.24) is 4.90 Å². The lowest BCUT2D eigenvalue weighted by Crippen LogP contribution is -2.44. The third-order valence-corrected chi connectivity index (χ3v) is 3.65. The fraction of sp³-hybridized carbons (Fsp3) is 0.500. The number of aliphatic imine (C=N–C) groups is 1. The summed E-state index contributed by atoms with van der Waals surface area (Å²) in [6, 6.07) is 9.93. The number of nitrogens with two attached hydrogens (primary N) is 1. The van der Waals surface area contributed by atoms with Crippen molar-refractivity contribution < 1.29 is 5.11 Å². The number of hydrogen-bond donors (Lipinski definition) is 2. The normalized spacial score (nSPS) is 27.4. The molecular weight excluding hydrogens is 226 g/mol. The Labute approximate surface area is 108 Å². The first-order valence-electron chi connectivity index (χ1n) is 6.43. The molecule has 0 spiro atoms. The van der Waals surface area contributed by atoms with Crippen molar-refractivity contribution in [2.75, 3.05) is 7.05 Å². The molecule has 0 radical (unpaired) electrons. The molecule has 1 aliphatic heterocycles. The molecule has 0 amide bonds. The van der Waals surface area contributed by atoms with E-state index >= 15 is 0 Å². The number of nitrogens with zero attached hydrogens (tertiary/aromatic N) is 2. The van der Waals surface area contributed by atoms with Crippen LogP contribution >= 0.6 is 0 Å². The number of guanidine groups is 1. The van der Waals surface area contributed by atoms with Gasteiger partial charge >= 0.3 is 0 Å². The Morgan fingerprint density at radius 1 is 1.39 bits per heavy atom. The molecule has 2 unspecified atom stereocenters. The van der Waals surface area contributed by atoms with Gasteiger partial charge < -0.3 is 15.7 Å². The van der Waals surface area contributed by atoms with Crippen LogP contribution in [0.4, 0.5) is 0 Å². The Morgan fingerprint density at radius 2 is 2.06 bits per heavy atom. The van der Waals surface area contributed by atoms with Crippen molar-refractivity contribution in [3.63, 3.8) is 0 Å². The van der Waals surface area contributed by atoms with Crippen molar-refractivity contribution in [2.45, 2.75) is 38.0 Å². The van der Waals surface area contributed by atoms with Crippen LogP contribution in [-0.4, -0.2) is 29.2 Å². The quantitative estimate of drug-likeness (QED) is 0.850. The third kappa shape index (κ3) is 1.97. The van der Waals surface area contributed by atoms with Gasteiger partial charge in [-0.15, -0.1) is 0 Å². The summed E-state index contributed by atoms with van der Waals surface area (Å²) >= 11 is 0. The lowest BCUT2D eigenvalue weighted by Gasteiger charge is -2.32. The van der Waals surface area contributed by atoms with Gasteiger partial charge in [0.2, 0.25) is 0 Å². The molecule has 0 saturated heterocycles. The minimum absolute atomic E-state index is 0.405. The Kier molecular flexibility index (Phi) is 3.57. The Balaban J connectivity index is 2.42. The molecule has 0 aromatic heterocycles. The zero-order chi connectivity index (χ0) is 13.2. The van der Waals surface area contributed by atoms with Crippen LogP contribution in [0.25, 0.3) is 0 Å². The number of likely N-dealkylation sites (N-methyl/N-ethyl adjacent to an activating group) is 1. The summed E-state index contributed by atoms with van der Waals surface area (Å²) < 4.78 is 0. The van der Waals surface area contributed by atoms with E-state index in [4.69, 9.17) is 5.73 Å². The van der Waals surface area contributed by atoms with Crippen LogP contribution in [0.1, 0.15) is 31.7 Å². The molecule has 1 aliphatic rings. The van der Waals surface area contributed by atoms with Gasteiger partial charge in [-0.2, -0.15) is 0 Å². The van der Waals surface area contributed by atoms with E-state index in [9.17, 15) is 5.11 Å². The molecule has 4 nitrogen and oxygen atoms in total. The number of aliphatic hydroxyl groups is 1. The first kappa shape index (κ1) is 12.9. The van der Waals surface area contributed by atoms with Crippen LogP contribution in [0, 0.1) is 0 Å². The van der Waals surface area contributed by atoms with Gasteiger partial charge in [-0.05, 0) is 12.0 Å². The Bertz CT molecular complexity index is 432. The fourth-order valence-corrected chi connectivity index (χ4v) is 2.50. The van der Waals surface area contributed by atoms with E-state index in [1.165, 1.54) is 0 Å². The average Bonchev–Trinajstić information content (AvgIpc) is 2.63. The Hall–Kier alpha value is -1.55. The number of hydrogen-bond acceptors (Lipinski definition) is 4. The van der Waals surface area contributed by atoms with E-state index < -0.39 is 11.8 Å². The van der Waals surface area contributed by atoms with Crippen LogP contribution in [0.2, 0.25) is 0 Å². The van der Waals surface area contributed by atoms with Crippen LogP contribution in [-0.2, 0) is 5.54 Å². The minimum atomic E-state index is -0.688. The van der Waals surface area contributed by atoms with Gasteiger partial charge in [0, 0.05) is 7.05 Å². The SMILES string of the molecule is CCCCC1(c2ccccc2)N=C(N)N(C)C1O. The monoisotopic (exact) mass is 247 g/mol. The first-order chi connectivity index (χ1) is 8.62. The van der Waals surface area contributed by atoms with E-state index in [-0.39, 0.29) is 0 Å². The van der Waals surface area contributed by atoms with E-state index in [2.05, 4.69) is 11.9 Å². The topological polar surface area (TPSA) is 61.8 Å². The molecule has 1 aromatic carbocycles. The summed E-state index contributed by atoms with van der Waals surface area (Å²) in [7, 11) is 1.78. The van der Waals surface area contributed by atoms with Gasteiger partial charge in [0.25, 0.3) is 0 Å². The molecule has 3 N–H and O–H groups in total. The highest BCUT2D eigenvalue weighted by Gasteiger charge is 2.46. The van der Waals surface area contributed by atoms with Gasteiger partial charge in [0.15, 0.2) is 12.2 Å². The van der Waals surface area contributed by atoms with E-state index in [1.807, 2.05) is 30.3 Å². The average molecular weight is 247 g/mol. The highest BCUT2D eigenvalue weighted by Crippen LogP contribution is 2.39. The minimum Gasteiger partial charge on any atom is -0.371 e. The van der Waals surface area contributed by atoms with E-state index in [1.54, 1.807) is 11.9 Å². The predicted molar refractivity (Wildman–Crippen MR) is 73.0 cm³/mol. The van der Waals surface area contributed by atoms with E-state index in [0.29, 0.717) is 5.96 Å². The largest absolute Gasteiger partial charge is 0.371 e. The number of unbranched alkanes of at least 4 members (excludes halogenated alkanes) is 1. The van der Waals surface area contributed by atoms with Crippen LogP contribution < -0.4 is 5.73 Å². The van der Waals surface area contributed by atoms with Gasteiger partial charge in [-0.3, -0.25) is 0 Å². The second kappa shape index (κ2) is 4.98. The second-order valence-electron chi connectivity index (χ2n) is 4.85. The maximum atomic E-state index is 10.5. The van der Waals surface area contributed by atoms with Crippen molar-refractivity contribution in [3.05, 3.63) is 35.9 Å². The van der Waals surface area contributed by atoms with Crippen molar-refractivity contribution in [1.29, 1.82) is 0 Å². The Morgan fingerprint density at radius 3 is 2.56 bits per heavy atom. The van der Waals surface area contributed by atoms with Gasteiger partial charge in [0.05, 0.1) is 0 Å². The number of rotatable bonds is 4. The summed E-state index contributed by atoms with van der Waals surface area (Å²) in [6.07, 6.45) is 2.20. The lowest BCUT2D eigenvalue weighted by molar-refractivity contribution is 0.00995. The van der Waals surface area contributed by atoms with Crippen molar-refractivity contribution >= 4 is 5.96 Å². The molecule has 0 aliphatic carbocycles. The molecule has 0 fully saturated rings. The number of benzene rings is 1. The van der Waals surface area contributed by atoms with E-state index in [0.717, 1.165) is 24.8 Å². The summed E-state index contributed by atoms with van der Waals surface area (Å²) in [4.78, 5) is 6.20. The molecular formula is C14H21N3O. The molecule has 0 bridgehead atoms. The standard InChI is InChI=1S/C14H21N3O/c1-3-4-10-14(11-8-6-5-7-9-11)12(18)17(2)13(15)16-14/h5-9,12,18H,3-4,10H2,1-2H3,(H2,15,16). The molecule has 98 valence electrons. The first-order valence-corrected chi connectivity index (χ1v) is 6.43. The van der Waals surface area contributed by atoms with Crippen LogP contribution in [0.3, 0.4) is 0 Å². The molecule has 0 saturated carbocycles. The molecule has 2 rings (SSSR count). The maximum Gasteiger partial charge on any atom is 0.194 e. The van der Waals surface area contributed by atoms with Crippen LogP contribution in [0.15, 0.2) is 35.3 Å². The lowest BCUT2D eigenvalue weighted by atomic mass is 9.84. The second-order valence-corrected chi connectivity index (χ2v) is 4.85. The highest BCUT2D eigenvalue weighted by atomic mass is 16.3. The summed E-state index contributed by atoms with van der Waals surface area (Å²) in [6.45, 7) is 2.14. The zero-order valence-electron chi connectivity index (χ0n) is 11.0. The maximum absolute atomic E-state index is 10.5. The van der Waals surface area contributed by atoms with Crippen molar-refractivity contribution in [2.24, 2.45) is 10.7 Å². The summed E-state index contributed by atoms with van der Waals surface area (Å²) in [5.41, 5.74) is 6.28. The molecule has 1 heterocycles. The third-order valence-electron chi connectivity index (χ3n) is 3.65. The number of aliphatic hydroxyl groups excluding tert-OH is 1. The van der Waals surface area contributed by atoms with Crippen molar-refractivity contribution in [3.8, 4) is 0 Å². The summed E-state index contributed by atoms with van der Waals surface area (Å²) in [5.74, 6) is 0.405. The van der Waals surface area contributed by atoms with Gasteiger partial charge in [-0.1, -0.05) is 50.1 Å². The molecule has 2 atom stereocenters. The highest BCUT2D eigenvalue weighted by molar-refractivity contribution is 5.81. The molecule has 1 aromatic rings. The van der Waals surface area contributed by atoms with Crippen LogP contribution in [0.5, 0.6) is 0 Å². The van der Waals surface area contributed by atoms with Gasteiger partial charge in [0.1, 0.15) is 5.54 Å². The summed E-state index contributed by atoms with van der Waals surface area (Å²) in [5, 5.41) is 10.5. The predicted octanol–water partition coefficient (Wildman–Crippen LogP) is 1.65. The van der Waals surface area contributed by atoms with Gasteiger partial charge in [-0.25, -0.2) is 4.99 Å². The smallest absolute Gasteiger partial charge is 0.194 e. The molecule has 4 heteroatoms. The zero-order valence-corrected chi connectivity index (χ0v) is 11.0. The molecule has 18 heavy (non-hydrogen) atoms. The fourth-order valence-electron chi connectivity index (χ4n) is 2.50.